The van der Waals surface area contributed by atoms with E-state index in [1.165, 1.54) is 17.2 Å². The number of carboxylic acid groups (broad SMARTS) is 1. The molecule has 0 saturated carbocycles. The maximum atomic E-state index is 12.3. The van der Waals surface area contributed by atoms with Crippen molar-refractivity contribution < 1.29 is 14.7 Å². The van der Waals surface area contributed by atoms with Gasteiger partial charge in [-0.05, 0) is 32.9 Å². The Morgan fingerprint density at radius 3 is 2.50 bits per heavy atom. The second-order valence-electron chi connectivity index (χ2n) is 4.80. The number of hydrogen-bond donors (Lipinski definition) is 1. The first kappa shape index (κ1) is 14.4. The summed E-state index contributed by atoms with van der Waals surface area (Å²) < 4.78 is 0. The van der Waals surface area contributed by atoms with Gasteiger partial charge >= 0.3 is 5.97 Å². The van der Waals surface area contributed by atoms with Crippen LogP contribution in [0.25, 0.3) is 0 Å². The fraction of sp³-hybridized carbons (Fsp3) is 0.417. The molecule has 1 amide bonds. The summed E-state index contributed by atoms with van der Waals surface area (Å²) in [5, 5.41) is 8.94. The zero-order valence-corrected chi connectivity index (χ0v) is 11.2. The van der Waals surface area contributed by atoms with Gasteiger partial charge in [0.25, 0.3) is 5.91 Å². The maximum absolute atomic E-state index is 12.3. The lowest BCUT2D eigenvalue weighted by Gasteiger charge is -2.34. The molecule has 18 heavy (non-hydrogen) atoms. The number of carboxylic acids is 1. The SMILES string of the molecule is CC(C)(C)N(CC(=O)O)C(=O)c1cccnc1Cl. The zero-order chi connectivity index (χ0) is 13.9. The van der Waals surface area contributed by atoms with Crippen LogP contribution in [0.1, 0.15) is 31.1 Å². The van der Waals surface area contributed by atoms with Crippen LogP contribution in [0.4, 0.5) is 0 Å². The molecule has 98 valence electrons. The van der Waals surface area contributed by atoms with Crippen molar-refractivity contribution in [2.45, 2.75) is 26.3 Å². The maximum Gasteiger partial charge on any atom is 0.323 e. The number of carbonyl (C=O) groups excluding carboxylic acids is 1. The topological polar surface area (TPSA) is 70.5 Å². The molecule has 5 nitrogen and oxygen atoms in total. The number of nitrogens with zero attached hydrogens (tertiary/aromatic N) is 2. The normalized spacial score (nSPS) is 11.1. The molecule has 0 atom stereocenters. The van der Waals surface area contributed by atoms with Crippen molar-refractivity contribution >= 4 is 23.5 Å². The summed E-state index contributed by atoms with van der Waals surface area (Å²) in [4.78, 5) is 28.2. The summed E-state index contributed by atoms with van der Waals surface area (Å²) in [5.41, 5.74) is -0.412. The van der Waals surface area contributed by atoms with Crippen molar-refractivity contribution in [1.82, 2.24) is 9.88 Å². The van der Waals surface area contributed by atoms with E-state index in [1.54, 1.807) is 26.8 Å². The Hall–Kier alpha value is -1.62. The highest BCUT2D eigenvalue weighted by Crippen LogP contribution is 2.20. The number of amides is 1. The van der Waals surface area contributed by atoms with Gasteiger partial charge in [-0.15, -0.1) is 0 Å². The molecule has 0 spiro atoms. The fourth-order valence-corrected chi connectivity index (χ4v) is 1.64. The van der Waals surface area contributed by atoms with Crippen LogP contribution in [0.3, 0.4) is 0 Å². The lowest BCUT2D eigenvalue weighted by atomic mass is 10.0. The monoisotopic (exact) mass is 270 g/mol. The molecular weight excluding hydrogens is 256 g/mol. The van der Waals surface area contributed by atoms with E-state index in [2.05, 4.69) is 4.98 Å². The summed E-state index contributed by atoms with van der Waals surface area (Å²) >= 11 is 5.84. The van der Waals surface area contributed by atoms with Crippen molar-refractivity contribution in [3.05, 3.63) is 29.0 Å². The Morgan fingerprint density at radius 2 is 2.06 bits per heavy atom. The quantitative estimate of drug-likeness (QED) is 0.854. The van der Waals surface area contributed by atoms with Crippen LogP contribution in [-0.4, -0.2) is 39.0 Å². The molecule has 1 rings (SSSR count). The van der Waals surface area contributed by atoms with Gasteiger partial charge in [0, 0.05) is 11.7 Å². The number of rotatable bonds is 3. The Kier molecular flexibility index (Phi) is 4.29. The van der Waals surface area contributed by atoms with Gasteiger partial charge in [0.1, 0.15) is 11.7 Å². The first-order chi connectivity index (χ1) is 8.23. The average Bonchev–Trinajstić information content (AvgIpc) is 2.24. The smallest absolute Gasteiger partial charge is 0.323 e. The third-order valence-corrected chi connectivity index (χ3v) is 2.64. The van der Waals surface area contributed by atoms with E-state index in [-0.39, 0.29) is 17.3 Å². The van der Waals surface area contributed by atoms with Crippen LogP contribution >= 0.6 is 11.6 Å². The predicted octanol–water partition coefficient (Wildman–Crippen LogP) is 2.06. The molecule has 6 heteroatoms. The van der Waals surface area contributed by atoms with Gasteiger partial charge in [-0.2, -0.15) is 0 Å². The van der Waals surface area contributed by atoms with Crippen LogP contribution in [-0.2, 0) is 4.79 Å². The summed E-state index contributed by atoms with van der Waals surface area (Å²) in [6.45, 7) is 4.90. The van der Waals surface area contributed by atoms with Crippen molar-refractivity contribution in [1.29, 1.82) is 0 Å². The van der Waals surface area contributed by atoms with E-state index in [0.717, 1.165) is 0 Å². The fourth-order valence-electron chi connectivity index (χ4n) is 1.44. The van der Waals surface area contributed by atoms with Crippen molar-refractivity contribution in [2.75, 3.05) is 6.54 Å². The van der Waals surface area contributed by atoms with E-state index in [0.29, 0.717) is 0 Å². The molecule has 1 N–H and O–H groups in total. The average molecular weight is 271 g/mol. The number of aliphatic carboxylic acids is 1. The second-order valence-corrected chi connectivity index (χ2v) is 5.16. The van der Waals surface area contributed by atoms with Crippen LogP contribution in [0.2, 0.25) is 5.15 Å². The second kappa shape index (κ2) is 5.35. The summed E-state index contributed by atoms with van der Waals surface area (Å²) in [6.07, 6.45) is 1.47. The van der Waals surface area contributed by atoms with Crippen molar-refractivity contribution in [3.63, 3.8) is 0 Å². The van der Waals surface area contributed by atoms with Gasteiger partial charge < -0.3 is 10.0 Å². The molecular formula is C12H15ClN2O3. The van der Waals surface area contributed by atoms with E-state index < -0.39 is 17.4 Å². The molecule has 0 unspecified atom stereocenters. The molecule has 0 aliphatic carbocycles. The minimum atomic E-state index is -1.07. The van der Waals surface area contributed by atoms with Gasteiger partial charge in [0.15, 0.2) is 0 Å². The van der Waals surface area contributed by atoms with Gasteiger partial charge in [0.05, 0.1) is 5.56 Å². The van der Waals surface area contributed by atoms with Crippen molar-refractivity contribution in [2.24, 2.45) is 0 Å². The molecule has 1 aromatic heterocycles. The zero-order valence-electron chi connectivity index (χ0n) is 10.5. The molecule has 0 saturated heterocycles. The minimum absolute atomic E-state index is 0.0714. The lowest BCUT2D eigenvalue weighted by Crippen LogP contribution is -2.48. The molecule has 0 bridgehead atoms. The van der Waals surface area contributed by atoms with Crippen LogP contribution in [0.5, 0.6) is 0 Å². The largest absolute Gasteiger partial charge is 0.480 e. The number of aromatic nitrogens is 1. The first-order valence-corrected chi connectivity index (χ1v) is 5.75. The number of carbonyl (C=O) groups is 2. The Labute approximate surface area is 110 Å². The Bertz CT molecular complexity index is 469. The van der Waals surface area contributed by atoms with Gasteiger partial charge in [-0.3, -0.25) is 9.59 Å². The molecule has 0 aliphatic heterocycles. The van der Waals surface area contributed by atoms with E-state index in [9.17, 15) is 9.59 Å². The number of pyridine rings is 1. The number of hydrogen-bond acceptors (Lipinski definition) is 3. The molecule has 0 radical (unpaired) electrons. The molecule has 1 heterocycles. The van der Waals surface area contributed by atoms with Crippen molar-refractivity contribution in [3.8, 4) is 0 Å². The molecule has 0 aromatic carbocycles. The number of halogens is 1. The summed E-state index contributed by atoms with van der Waals surface area (Å²) in [5.74, 6) is -1.51. The van der Waals surface area contributed by atoms with Gasteiger partial charge in [-0.25, -0.2) is 4.98 Å². The third-order valence-electron chi connectivity index (χ3n) is 2.34. The third kappa shape index (κ3) is 3.43. The van der Waals surface area contributed by atoms with Crippen LogP contribution in [0.15, 0.2) is 18.3 Å². The first-order valence-electron chi connectivity index (χ1n) is 5.37. The Morgan fingerprint density at radius 1 is 1.44 bits per heavy atom. The predicted molar refractivity (Wildman–Crippen MR) is 67.7 cm³/mol. The highest BCUT2D eigenvalue weighted by molar-refractivity contribution is 6.32. The van der Waals surface area contributed by atoms with E-state index in [1.807, 2.05) is 0 Å². The van der Waals surface area contributed by atoms with E-state index >= 15 is 0 Å². The van der Waals surface area contributed by atoms with E-state index in [4.69, 9.17) is 16.7 Å². The molecule has 1 aromatic rings. The minimum Gasteiger partial charge on any atom is -0.480 e. The highest BCUT2D eigenvalue weighted by Gasteiger charge is 2.30. The Balaban J connectivity index is 3.11. The van der Waals surface area contributed by atoms with Gasteiger partial charge in [0.2, 0.25) is 0 Å². The van der Waals surface area contributed by atoms with Crippen LogP contribution < -0.4 is 0 Å². The molecule has 0 fully saturated rings. The lowest BCUT2D eigenvalue weighted by molar-refractivity contribution is -0.138. The molecule has 0 aliphatic rings. The standard InChI is InChI=1S/C12H15ClN2O3/c1-12(2,3)15(7-9(16)17)11(18)8-5-4-6-14-10(8)13/h4-6H,7H2,1-3H3,(H,16,17). The highest BCUT2D eigenvalue weighted by atomic mass is 35.5. The summed E-state index contributed by atoms with van der Waals surface area (Å²) in [6, 6.07) is 3.11. The van der Waals surface area contributed by atoms with Crippen LogP contribution in [0, 0.1) is 0 Å². The summed E-state index contributed by atoms with van der Waals surface area (Å²) in [7, 11) is 0. The van der Waals surface area contributed by atoms with Gasteiger partial charge in [-0.1, -0.05) is 11.6 Å².